The Morgan fingerprint density at radius 1 is 0.867 bits per heavy atom. The van der Waals surface area contributed by atoms with Crippen molar-refractivity contribution >= 4 is 11.9 Å². The number of carbonyl (C=O) groups is 2. The van der Waals surface area contributed by atoms with Crippen molar-refractivity contribution in [3.05, 3.63) is 53.6 Å². The molecule has 0 atom stereocenters. The molecule has 1 aliphatic heterocycles. The molecule has 1 heterocycles. The highest BCUT2D eigenvalue weighted by molar-refractivity contribution is 5.94. The number of hydrogen-bond donors (Lipinski definition) is 1. The second kappa shape index (κ2) is 9.87. The number of benzene rings is 2. The molecule has 1 saturated heterocycles. The van der Waals surface area contributed by atoms with Crippen molar-refractivity contribution in [1.29, 1.82) is 0 Å². The van der Waals surface area contributed by atoms with Crippen LogP contribution in [0.1, 0.15) is 15.9 Å². The lowest BCUT2D eigenvalue weighted by Gasteiger charge is -2.34. The van der Waals surface area contributed by atoms with Crippen LogP contribution >= 0.6 is 0 Å². The average molecular weight is 413 g/mol. The molecule has 8 heteroatoms. The van der Waals surface area contributed by atoms with Gasteiger partial charge in [-0.15, -0.1) is 0 Å². The Kier molecular flexibility index (Phi) is 7.00. The number of carbonyl (C=O) groups excluding carboxylic acids is 2. The van der Waals surface area contributed by atoms with Crippen LogP contribution < -0.4 is 19.5 Å². The Morgan fingerprint density at radius 3 is 1.97 bits per heavy atom. The van der Waals surface area contributed by atoms with Crippen LogP contribution in [0, 0.1) is 0 Å². The molecule has 2 aromatic rings. The van der Waals surface area contributed by atoms with Gasteiger partial charge in [0.05, 0.1) is 21.3 Å². The number of nitrogens with zero attached hydrogens (tertiary/aromatic N) is 2. The second-order valence-electron chi connectivity index (χ2n) is 6.84. The molecule has 0 aliphatic carbocycles. The summed E-state index contributed by atoms with van der Waals surface area (Å²) >= 11 is 0. The number of hydrogen-bond acceptors (Lipinski definition) is 5. The number of piperazine rings is 1. The van der Waals surface area contributed by atoms with Crippen LogP contribution in [-0.2, 0) is 6.54 Å². The van der Waals surface area contributed by atoms with Crippen LogP contribution in [0.2, 0.25) is 0 Å². The number of nitrogens with one attached hydrogen (secondary N) is 1. The quantitative estimate of drug-likeness (QED) is 0.787. The third-order valence-corrected chi connectivity index (χ3v) is 5.04. The summed E-state index contributed by atoms with van der Waals surface area (Å²) < 4.78 is 16.0. The van der Waals surface area contributed by atoms with Crippen LogP contribution in [0.3, 0.4) is 0 Å². The molecular weight excluding hydrogens is 386 g/mol. The van der Waals surface area contributed by atoms with Crippen molar-refractivity contribution in [3.63, 3.8) is 0 Å². The van der Waals surface area contributed by atoms with E-state index in [1.165, 1.54) is 0 Å². The van der Waals surface area contributed by atoms with Crippen molar-refractivity contribution in [2.24, 2.45) is 0 Å². The molecule has 0 radical (unpaired) electrons. The maximum absolute atomic E-state index is 12.6. The van der Waals surface area contributed by atoms with Crippen molar-refractivity contribution < 1.29 is 23.8 Å². The molecule has 2 aromatic carbocycles. The Hall–Kier alpha value is -3.42. The van der Waals surface area contributed by atoms with E-state index in [2.05, 4.69) is 5.32 Å². The Labute approximate surface area is 176 Å². The molecule has 3 amide bonds. The largest absolute Gasteiger partial charge is 0.493 e. The van der Waals surface area contributed by atoms with Crippen molar-refractivity contribution in [2.45, 2.75) is 6.54 Å². The van der Waals surface area contributed by atoms with Gasteiger partial charge in [-0.05, 0) is 29.8 Å². The molecule has 1 N–H and O–H groups in total. The first-order chi connectivity index (χ1) is 14.6. The monoisotopic (exact) mass is 413 g/mol. The first-order valence-electron chi connectivity index (χ1n) is 9.73. The first-order valence-corrected chi connectivity index (χ1v) is 9.73. The SMILES string of the molecule is COc1cc(CNC(=O)N2CCN(C(=O)c3ccccc3)CC2)cc(OC)c1OC. The van der Waals surface area contributed by atoms with Gasteiger partial charge < -0.3 is 29.3 Å². The number of methoxy groups -OCH3 is 3. The van der Waals surface area contributed by atoms with Gasteiger partial charge in [0, 0.05) is 38.3 Å². The second-order valence-corrected chi connectivity index (χ2v) is 6.84. The third-order valence-electron chi connectivity index (χ3n) is 5.04. The molecule has 0 aromatic heterocycles. The van der Waals surface area contributed by atoms with Gasteiger partial charge in [-0.2, -0.15) is 0 Å². The van der Waals surface area contributed by atoms with Crippen LogP contribution in [0.4, 0.5) is 4.79 Å². The molecule has 1 fully saturated rings. The maximum atomic E-state index is 12.6. The van der Waals surface area contributed by atoms with E-state index in [0.717, 1.165) is 5.56 Å². The molecule has 0 saturated carbocycles. The van der Waals surface area contributed by atoms with Gasteiger partial charge in [-0.25, -0.2) is 4.79 Å². The van der Waals surface area contributed by atoms with E-state index in [1.54, 1.807) is 55.4 Å². The van der Waals surface area contributed by atoms with Gasteiger partial charge in [-0.3, -0.25) is 4.79 Å². The minimum absolute atomic E-state index is 0.00641. The smallest absolute Gasteiger partial charge is 0.317 e. The van der Waals surface area contributed by atoms with Crippen LogP contribution in [0.15, 0.2) is 42.5 Å². The van der Waals surface area contributed by atoms with Crippen LogP contribution in [-0.4, -0.2) is 69.2 Å². The number of rotatable bonds is 6. The number of urea groups is 1. The van der Waals surface area contributed by atoms with Gasteiger partial charge in [0.15, 0.2) is 11.5 Å². The average Bonchev–Trinajstić information content (AvgIpc) is 2.81. The third kappa shape index (κ3) is 4.76. The molecule has 1 aliphatic rings. The lowest BCUT2D eigenvalue weighted by Crippen LogP contribution is -2.53. The Bertz CT molecular complexity index is 855. The van der Waals surface area contributed by atoms with Gasteiger partial charge in [0.1, 0.15) is 0 Å². The highest BCUT2D eigenvalue weighted by Gasteiger charge is 2.24. The molecule has 3 rings (SSSR count). The van der Waals surface area contributed by atoms with Gasteiger partial charge >= 0.3 is 6.03 Å². The maximum Gasteiger partial charge on any atom is 0.317 e. The van der Waals surface area contributed by atoms with Crippen molar-refractivity contribution in [1.82, 2.24) is 15.1 Å². The van der Waals surface area contributed by atoms with Gasteiger partial charge in [-0.1, -0.05) is 18.2 Å². The molecule has 30 heavy (non-hydrogen) atoms. The molecule has 8 nitrogen and oxygen atoms in total. The van der Waals surface area contributed by atoms with E-state index in [1.807, 2.05) is 18.2 Å². The van der Waals surface area contributed by atoms with Gasteiger partial charge in [0.2, 0.25) is 5.75 Å². The van der Waals surface area contributed by atoms with E-state index < -0.39 is 0 Å². The molecule has 0 spiro atoms. The topological polar surface area (TPSA) is 80.3 Å². The summed E-state index contributed by atoms with van der Waals surface area (Å²) in [5.74, 6) is 1.57. The lowest BCUT2D eigenvalue weighted by atomic mass is 10.1. The zero-order chi connectivity index (χ0) is 21.5. The fraction of sp³-hybridized carbons (Fsp3) is 0.364. The zero-order valence-corrected chi connectivity index (χ0v) is 17.5. The number of ether oxygens (including phenoxy) is 3. The standard InChI is InChI=1S/C22H27N3O5/c1-28-18-13-16(14-19(29-2)20(18)30-3)15-23-22(27)25-11-9-24(10-12-25)21(26)17-7-5-4-6-8-17/h4-8,13-14H,9-12,15H2,1-3H3,(H,23,27). The summed E-state index contributed by atoms with van der Waals surface area (Å²) in [6.07, 6.45) is 0. The Balaban J connectivity index is 1.55. The van der Waals surface area contributed by atoms with Crippen LogP contribution in [0.5, 0.6) is 17.2 Å². The summed E-state index contributed by atoms with van der Waals surface area (Å²) in [5, 5.41) is 2.92. The fourth-order valence-corrected chi connectivity index (χ4v) is 3.40. The lowest BCUT2D eigenvalue weighted by molar-refractivity contribution is 0.0665. The van der Waals surface area contributed by atoms with Gasteiger partial charge in [0.25, 0.3) is 5.91 Å². The summed E-state index contributed by atoms with van der Waals surface area (Å²) in [4.78, 5) is 28.6. The predicted octanol–water partition coefficient (Wildman–Crippen LogP) is 2.38. The minimum Gasteiger partial charge on any atom is -0.493 e. The van der Waals surface area contributed by atoms with Crippen molar-refractivity contribution in [2.75, 3.05) is 47.5 Å². The van der Waals surface area contributed by atoms with E-state index in [-0.39, 0.29) is 11.9 Å². The molecule has 0 bridgehead atoms. The summed E-state index contributed by atoms with van der Waals surface area (Å²) in [7, 11) is 4.65. The normalized spacial score (nSPS) is 13.6. The summed E-state index contributed by atoms with van der Waals surface area (Å²) in [5.41, 5.74) is 1.49. The minimum atomic E-state index is -0.171. The summed E-state index contributed by atoms with van der Waals surface area (Å²) in [6.45, 7) is 2.30. The molecule has 160 valence electrons. The fourth-order valence-electron chi connectivity index (χ4n) is 3.40. The van der Waals surface area contributed by atoms with E-state index in [4.69, 9.17) is 14.2 Å². The number of amides is 3. The first kappa shape index (κ1) is 21.3. The highest BCUT2D eigenvalue weighted by atomic mass is 16.5. The molecular formula is C22H27N3O5. The van der Waals surface area contributed by atoms with E-state index in [0.29, 0.717) is 55.5 Å². The van der Waals surface area contributed by atoms with Crippen LogP contribution in [0.25, 0.3) is 0 Å². The van der Waals surface area contributed by atoms with E-state index in [9.17, 15) is 9.59 Å². The van der Waals surface area contributed by atoms with Crippen molar-refractivity contribution in [3.8, 4) is 17.2 Å². The predicted molar refractivity (Wildman–Crippen MR) is 112 cm³/mol. The Morgan fingerprint density at radius 2 is 1.43 bits per heavy atom. The molecule has 0 unspecified atom stereocenters. The zero-order valence-electron chi connectivity index (χ0n) is 17.5. The highest BCUT2D eigenvalue weighted by Crippen LogP contribution is 2.38. The summed E-state index contributed by atoms with van der Waals surface area (Å²) in [6, 6.07) is 12.6. The van der Waals surface area contributed by atoms with E-state index >= 15 is 0 Å².